The molecule has 3 aromatic rings. The van der Waals surface area contributed by atoms with Gasteiger partial charge in [0, 0.05) is 45.2 Å². The molecule has 0 aliphatic carbocycles. The third kappa shape index (κ3) is 6.59. The third-order valence-electron chi connectivity index (χ3n) is 7.54. The van der Waals surface area contributed by atoms with E-state index < -0.39 is 0 Å². The largest absolute Gasteiger partial charge is 0.381 e. The Balaban J connectivity index is 1.12. The number of ether oxygens (including phenoxy) is 1. The minimum absolute atomic E-state index is 0.0372. The number of hydrogen-bond acceptors (Lipinski definition) is 5. The van der Waals surface area contributed by atoms with Crippen molar-refractivity contribution in [1.82, 2.24) is 25.0 Å². The lowest BCUT2D eigenvalue weighted by Gasteiger charge is -2.33. The molecule has 0 bridgehead atoms. The zero-order valence-corrected chi connectivity index (χ0v) is 21.0. The van der Waals surface area contributed by atoms with Crippen LogP contribution >= 0.6 is 0 Å². The SMILES string of the molecule is O=C(NC(CCN1CCC(n2cnc(Cc3ccccc3)n2)CC1)c1ccccc1)C1CCOCC1. The van der Waals surface area contributed by atoms with E-state index in [1.807, 2.05) is 18.5 Å². The first-order chi connectivity index (χ1) is 17.7. The highest BCUT2D eigenvalue weighted by molar-refractivity contribution is 5.79. The number of aromatic nitrogens is 3. The lowest BCUT2D eigenvalue weighted by Crippen LogP contribution is -2.40. The number of nitrogens with zero attached hydrogens (tertiary/aromatic N) is 4. The zero-order chi connectivity index (χ0) is 24.6. The number of amides is 1. The van der Waals surface area contributed by atoms with Gasteiger partial charge in [-0.2, -0.15) is 5.10 Å². The highest BCUT2D eigenvalue weighted by Crippen LogP contribution is 2.25. The molecule has 36 heavy (non-hydrogen) atoms. The predicted octanol–water partition coefficient (Wildman–Crippen LogP) is 4.18. The summed E-state index contributed by atoms with van der Waals surface area (Å²) in [6.45, 7) is 4.41. The number of carbonyl (C=O) groups excluding carboxylic acids is 1. The van der Waals surface area contributed by atoms with Gasteiger partial charge in [0.1, 0.15) is 6.33 Å². The molecular weight excluding hydrogens is 450 g/mol. The Morgan fingerprint density at radius 1 is 0.972 bits per heavy atom. The van der Waals surface area contributed by atoms with Crippen LogP contribution in [-0.2, 0) is 16.0 Å². The molecule has 5 rings (SSSR count). The molecule has 1 N–H and O–H groups in total. The monoisotopic (exact) mass is 487 g/mol. The van der Waals surface area contributed by atoms with Crippen molar-refractivity contribution < 1.29 is 9.53 Å². The summed E-state index contributed by atoms with van der Waals surface area (Å²) in [5.74, 6) is 1.12. The highest BCUT2D eigenvalue weighted by atomic mass is 16.5. The summed E-state index contributed by atoms with van der Waals surface area (Å²) in [5.41, 5.74) is 2.42. The minimum atomic E-state index is 0.0372. The smallest absolute Gasteiger partial charge is 0.223 e. The molecule has 0 saturated carbocycles. The fourth-order valence-corrected chi connectivity index (χ4v) is 5.32. The molecule has 2 saturated heterocycles. The number of hydrogen-bond donors (Lipinski definition) is 1. The molecule has 3 heterocycles. The molecule has 1 unspecified atom stereocenters. The quantitative estimate of drug-likeness (QED) is 0.490. The molecule has 190 valence electrons. The van der Waals surface area contributed by atoms with Crippen molar-refractivity contribution >= 4 is 5.91 Å². The van der Waals surface area contributed by atoms with Crippen LogP contribution in [0.1, 0.15) is 61.1 Å². The van der Waals surface area contributed by atoms with Crippen LogP contribution < -0.4 is 5.32 Å². The summed E-state index contributed by atoms with van der Waals surface area (Å²) >= 11 is 0. The molecule has 7 nitrogen and oxygen atoms in total. The van der Waals surface area contributed by atoms with Gasteiger partial charge in [0.2, 0.25) is 5.91 Å². The Labute approximate surface area is 213 Å². The summed E-state index contributed by atoms with van der Waals surface area (Å²) in [4.78, 5) is 20.0. The average molecular weight is 488 g/mol. The van der Waals surface area contributed by atoms with E-state index in [-0.39, 0.29) is 17.9 Å². The van der Waals surface area contributed by atoms with Gasteiger partial charge in [-0.1, -0.05) is 60.7 Å². The van der Waals surface area contributed by atoms with Crippen molar-refractivity contribution in [1.29, 1.82) is 0 Å². The van der Waals surface area contributed by atoms with Gasteiger partial charge in [-0.3, -0.25) is 4.79 Å². The standard InChI is InChI=1S/C29H37N5O2/c35-29(25-14-19-36-20-15-25)31-27(24-9-5-2-6-10-24)13-18-33-16-11-26(12-17-33)34-22-30-28(32-34)21-23-7-3-1-4-8-23/h1-10,22,25-27H,11-21H2,(H,31,35). The van der Waals surface area contributed by atoms with E-state index in [1.165, 1.54) is 11.1 Å². The van der Waals surface area contributed by atoms with Crippen LogP contribution in [0.15, 0.2) is 67.0 Å². The van der Waals surface area contributed by atoms with Crippen LogP contribution in [0, 0.1) is 5.92 Å². The van der Waals surface area contributed by atoms with E-state index in [2.05, 4.69) is 68.4 Å². The van der Waals surface area contributed by atoms with Gasteiger partial charge in [-0.25, -0.2) is 9.67 Å². The molecule has 2 aliphatic rings. The molecular formula is C29H37N5O2. The van der Waals surface area contributed by atoms with E-state index >= 15 is 0 Å². The number of benzene rings is 2. The second kappa shape index (κ2) is 12.3. The second-order valence-electron chi connectivity index (χ2n) is 10.0. The summed E-state index contributed by atoms with van der Waals surface area (Å²) in [6, 6.07) is 21.2. The number of nitrogens with one attached hydrogen (secondary N) is 1. The second-order valence-corrected chi connectivity index (χ2v) is 10.0. The van der Waals surface area contributed by atoms with E-state index in [1.54, 1.807) is 0 Å². The van der Waals surface area contributed by atoms with Crippen LogP contribution in [0.4, 0.5) is 0 Å². The number of rotatable bonds is 9. The average Bonchev–Trinajstić information content (AvgIpc) is 3.41. The molecule has 2 fully saturated rings. The molecule has 2 aromatic carbocycles. The first-order valence-electron chi connectivity index (χ1n) is 13.3. The summed E-state index contributed by atoms with van der Waals surface area (Å²) in [7, 11) is 0. The van der Waals surface area contributed by atoms with Gasteiger partial charge < -0.3 is 15.0 Å². The van der Waals surface area contributed by atoms with E-state index in [9.17, 15) is 4.79 Å². The van der Waals surface area contributed by atoms with Crippen LogP contribution in [0.5, 0.6) is 0 Å². The van der Waals surface area contributed by atoms with Crippen molar-refractivity contribution in [2.75, 3.05) is 32.8 Å². The van der Waals surface area contributed by atoms with Gasteiger partial charge in [0.15, 0.2) is 5.82 Å². The molecule has 0 radical (unpaired) electrons. The van der Waals surface area contributed by atoms with Crippen molar-refractivity contribution in [2.24, 2.45) is 5.92 Å². The maximum Gasteiger partial charge on any atom is 0.223 e. The maximum absolute atomic E-state index is 13.0. The molecule has 1 atom stereocenters. The summed E-state index contributed by atoms with van der Waals surface area (Å²) in [6.07, 6.45) is 7.35. The van der Waals surface area contributed by atoms with Crippen LogP contribution in [0.2, 0.25) is 0 Å². The number of carbonyl (C=O) groups is 1. The van der Waals surface area contributed by atoms with Gasteiger partial charge in [-0.15, -0.1) is 0 Å². The molecule has 1 aromatic heterocycles. The van der Waals surface area contributed by atoms with Crippen molar-refractivity contribution in [3.05, 3.63) is 83.9 Å². The molecule has 7 heteroatoms. The van der Waals surface area contributed by atoms with Crippen LogP contribution in [0.3, 0.4) is 0 Å². The number of likely N-dealkylation sites (tertiary alicyclic amines) is 1. The normalized spacial score (nSPS) is 18.7. The Morgan fingerprint density at radius 2 is 1.67 bits per heavy atom. The number of piperidine rings is 1. The lowest BCUT2D eigenvalue weighted by molar-refractivity contribution is -0.128. The Kier molecular flexibility index (Phi) is 8.41. The predicted molar refractivity (Wildman–Crippen MR) is 139 cm³/mol. The van der Waals surface area contributed by atoms with Crippen molar-refractivity contribution in [3.8, 4) is 0 Å². The molecule has 0 spiro atoms. The first kappa shape index (κ1) is 24.7. The van der Waals surface area contributed by atoms with Crippen molar-refractivity contribution in [3.63, 3.8) is 0 Å². The van der Waals surface area contributed by atoms with E-state index in [0.717, 1.165) is 64.0 Å². The topological polar surface area (TPSA) is 72.3 Å². The van der Waals surface area contributed by atoms with Gasteiger partial charge in [-0.05, 0) is 43.2 Å². The summed E-state index contributed by atoms with van der Waals surface area (Å²) < 4.78 is 7.50. The fourth-order valence-electron chi connectivity index (χ4n) is 5.32. The van der Waals surface area contributed by atoms with Crippen LogP contribution in [-0.4, -0.2) is 58.4 Å². The van der Waals surface area contributed by atoms with Crippen LogP contribution in [0.25, 0.3) is 0 Å². The van der Waals surface area contributed by atoms with Gasteiger partial charge in [0.05, 0.1) is 12.1 Å². The molecule has 1 amide bonds. The third-order valence-corrected chi connectivity index (χ3v) is 7.54. The maximum atomic E-state index is 13.0. The summed E-state index contributed by atoms with van der Waals surface area (Å²) in [5, 5.41) is 8.13. The van der Waals surface area contributed by atoms with Gasteiger partial charge >= 0.3 is 0 Å². The first-order valence-corrected chi connectivity index (χ1v) is 13.3. The lowest BCUT2D eigenvalue weighted by atomic mass is 9.97. The minimum Gasteiger partial charge on any atom is -0.381 e. The van der Waals surface area contributed by atoms with Crippen molar-refractivity contribution in [2.45, 2.75) is 50.6 Å². The fraction of sp³-hybridized carbons (Fsp3) is 0.483. The van der Waals surface area contributed by atoms with E-state index in [4.69, 9.17) is 9.84 Å². The molecule has 2 aliphatic heterocycles. The zero-order valence-electron chi connectivity index (χ0n) is 21.0. The highest BCUT2D eigenvalue weighted by Gasteiger charge is 2.26. The Hall–Kier alpha value is -3.03. The Morgan fingerprint density at radius 3 is 2.39 bits per heavy atom. The van der Waals surface area contributed by atoms with E-state index in [0.29, 0.717) is 19.3 Å². The van der Waals surface area contributed by atoms with Gasteiger partial charge in [0.25, 0.3) is 0 Å². The Bertz CT molecular complexity index is 1070.